The first kappa shape index (κ1) is 19.2. The maximum atomic E-state index is 12.7. The van der Waals surface area contributed by atoms with Gasteiger partial charge in [0.15, 0.2) is 0 Å². The van der Waals surface area contributed by atoms with Crippen LogP contribution in [0.1, 0.15) is 51.0 Å². The molecule has 1 unspecified atom stereocenters. The van der Waals surface area contributed by atoms with Gasteiger partial charge in [-0.15, -0.1) is 0 Å². The van der Waals surface area contributed by atoms with Crippen LogP contribution in [0.15, 0.2) is 24.3 Å². The number of hydrogen-bond acceptors (Lipinski definition) is 3. The molecule has 1 aromatic carbocycles. The molecule has 3 aliphatic rings. The smallest absolute Gasteiger partial charge is 0.321 e. The molecule has 152 valence electrons. The highest BCUT2D eigenvalue weighted by atomic mass is 16.5. The van der Waals surface area contributed by atoms with Crippen molar-refractivity contribution in [1.82, 2.24) is 9.80 Å². The van der Waals surface area contributed by atoms with Gasteiger partial charge < -0.3 is 19.9 Å². The van der Waals surface area contributed by atoms with Crippen LogP contribution in [0, 0.1) is 0 Å². The summed E-state index contributed by atoms with van der Waals surface area (Å²) in [5.41, 5.74) is 1.81. The summed E-state index contributed by atoms with van der Waals surface area (Å²) in [6.07, 6.45) is 6.16. The number of carbonyl (C=O) groups is 2. The number of anilines is 1. The molecule has 3 aliphatic heterocycles. The molecule has 3 heterocycles. The maximum absolute atomic E-state index is 12.7. The SMILES string of the molecule is CCc1ccccc1NC(=O)N1CCC2(CCC(C(=O)N3CCCC3)O2)CC1. The Morgan fingerprint density at radius 1 is 1.07 bits per heavy atom. The summed E-state index contributed by atoms with van der Waals surface area (Å²) in [6.45, 7) is 5.18. The molecule has 0 aliphatic carbocycles. The third kappa shape index (κ3) is 3.88. The van der Waals surface area contributed by atoms with Crippen LogP contribution in [0.4, 0.5) is 10.5 Å². The Kier molecular flexibility index (Phi) is 5.58. The van der Waals surface area contributed by atoms with E-state index in [4.69, 9.17) is 4.74 Å². The van der Waals surface area contributed by atoms with Gasteiger partial charge in [0, 0.05) is 31.9 Å². The Morgan fingerprint density at radius 2 is 1.79 bits per heavy atom. The molecule has 1 spiro atoms. The molecule has 28 heavy (non-hydrogen) atoms. The number of hydrogen-bond donors (Lipinski definition) is 1. The molecule has 6 nitrogen and oxygen atoms in total. The second-order valence-corrected chi connectivity index (χ2v) is 8.29. The molecule has 6 heteroatoms. The Hall–Kier alpha value is -2.08. The van der Waals surface area contributed by atoms with E-state index in [9.17, 15) is 9.59 Å². The Balaban J connectivity index is 1.31. The number of rotatable bonds is 3. The highest BCUT2D eigenvalue weighted by Gasteiger charge is 2.46. The summed E-state index contributed by atoms with van der Waals surface area (Å²) < 4.78 is 6.30. The lowest BCUT2D eigenvalue weighted by molar-refractivity contribution is -0.149. The fourth-order valence-electron chi connectivity index (χ4n) is 4.76. The number of carbonyl (C=O) groups excluding carboxylic acids is 2. The number of benzene rings is 1. The van der Waals surface area contributed by atoms with Crippen molar-refractivity contribution in [3.63, 3.8) is 0 Å². The van der Waals surface area contributed by atoms with Crippen molar-refractivity contribution in [3.05, 3.63) is 29.8 Å². The molecule has 0 radical (unpaired) electrons. The second-order valence-electron chi connectivity index (χ2n) is 8.29. The van der Waals surface area contributed by atoms with E-state index >= 15 is 0 Å². The molecule has 1 atom stereocenters. The molecular weight excluding hydrogens is 354 g/mol. The average molecular weight is 386 g/mol. The standard InChI is InChI=1S/C22H31N3O3/c1-2-17-7-3-4-8-18(17)23-21(27)25-15-11-22(12-16-25)10-9-19(28-22)20(26)24-13-5-6-14-24/h3-4,7-8,19H,2,5-6,9-16H2,1H3,(H,23,27). The second kappa shape index (κ2) is 8.11. The van der Waals surface area contributed by atoms with Gasteiger partial charge in [-0.3, -0.25) is 4.79 Å². The molecule has 3 fully saturated rings. The molecule has 0 aromatic heterocycles. The summed E-state index contributed by atoms with van der Waals surface area (Å²) in [4.78, 5) is 29.2. The number of nitrogens with zero attached hydrogens (tertiary/aromatic N) is 2. The van der Waals surface area contributed by atoms with E-state index in [0.29, 0.717) is 13.1 Å². The Morgan fingerprint density at radius 3 is 2.50 bits per heavy atom. The van der Waals surface area contributed by atoms with Gasteiger partial charge in [-0.25, -0.2) is 4.79 Å². The van der Waals surface area contributed by atoms with Gasteiger partial charge in [0.25, 0.3) is 5.91 Å². The van der Waals surface area contributed by atoms with Crippen molar-refractivity contribution in [2.24, 2.45) is 0 Å². The van der Waals surface area contributed by atoms with E-state index in [1.807, 2.05) is 34.1 Å². The van der Waals surface area contributed by atoms with Gasteiger partial charge in [-0.05, 0) is 56.6 Å². The van der Waals surface area contributed by atoms with Gasteiger partial charge >= 0.3 is 6.03 Å². The summed E-state index contributed by atoms with van der Waals surface area (Å²) >= 11 is 0. The van der Waals surface area contributed by atoms with E-state index in [1.165, 1.54) is 0 Å². The fourth-order valence-corrected chi connectivity index (χ4v) is 4.76. The lowest BCUT2D eigenvalue weighted by Crippen LogP contribution is -2.49. The van der Waals surface area contributed by atoms with Crippen LogP contribution in [0.5, 0.6) is 0 Å². The van der Waals surface area contributed by atoms with E-state index in [0.717, 1.165) is 69.3 Å². The van der Waals surface area contributed by atoms with E-state index in [1.54, 1.807) is 0 Å². The molecule has 3 saturated heterocycles. The molecule has 1 N–H and O–H groups in total. The van der Waals surface area contributed by atoms with Gasteiger partial charge in [0.1, 0.15) is 6.10 Å². The van der Waals surface area contributed by atoms with Crippen molar-refractivity contribution < 1.29 is 14.3 Å². The number of aryl methyl sites for hydroxylation is 1. The highest BCUT2D eigenvalue weighted by Crippen LogP contribution is 2.39. The first-order chi connectivity index (χ1) is 13.6. The fraction of sp³-hybridized carbons (Fsp3) is 0.636. The van der Waals surface area contributed by atoms with Crippen LogP contribution >= 0.6 is 0 Å². The van der Waals surface area contributed by atoms with Crippen molar-refractivity contribution >= 4 is 17.6 Å². The van der Waals surface area contributed by atoms with Crippen LogP contribution in [-0.4, -0.2) is 59.6 Å². The number of amides is 3. The molecule has 1 aromatic rings. The third-order valence-corrected chi connectivity index (χ3v) is 6.55. The highest BCUT2D eigenvalue weighted by molar-refractivity contribution is 5.90. The molecular formula is C22H31N3O3. The van der Waals surface area contributed by atoms with Gasteiger partial charge in [-0.2, -0.15) is 0 Å². The molecule has 3 amide bonds. The van der Waals surface area contributed by atoms with E-state index in [2.05, 4.69) is 12.2 Å². The first-order valence-corrected chi connectivity index (χ1v) is 10.7. The minimum atomic E-state index is -0.282. The minimum Gasteiger partial charge on any atom is -0.362 e. The van der Waals surface area contributed by atoms with Gasteiger partial charge in [0.05, 0.1) is 5.60 Å². The van der Waals surface area contributed by atoms with Gasteiger partial charge in [0.2, 0.25) is 0 Å². The summed E-state index contributed by atoms with van der Waals surface area (Å²) in [6, 6.07) is 7.90. The van der Waals surface area contributed by atoms with Crippen LogP contribution < -0.4 is 5.32 Å². The van der Waals surface area contributed by atoms with Crippen molar-refractivity contribution in [3.8, 4) is 0 Å². The number of para-hydroxylation sites is 1. The zero-order valence-electron chi connectivity index (χ0n) is 16.8. The number of piperidine rings is 1. The number of ether oxygens (including phenoxy) is 1. The number of urea groups is 1. The lowest BCUT2D eigenvalue weighted by Gasteiger charge is -2.39. The number of likely N-dealkylation sites (tertiary alicyclic amines) is 2. The normalized spacial score (nSPS) is 24.0. The van der Waals surface area contributed by atoms with E-state index < -0.39 is 0 Å². The lowest BCUT2D eigenvalue weighted by atomic mass is 9.88. The van der Waals surface area contributed by atoms with Crippen LogP contribution in [-0.2, 0) is 16.0 Å². The first-order valence-electron chi connectivity index (χ1n) is 10.7. The Bertz CT molecular complexity index is 721. The zero-order valence-corrected chi connectivity index (χ0v) is 16.8. The van der Waals surface area contributed by atoms with Crippen LogP contribution in [0.25, 0.3) is 0 Å². The molecule has 0 saturated carbocycles. The largest absolute Gasteiger partial charge is 0.362 e. The maximum Gasteiger partial charge on any atom is 0.321 e. The summed E-state index contributed by atoms with van der Waals surface area (Å²) in [5, 5.41) is 3.06. The number of nitrogens with one attached hydrogen (secondary N) is 1. The van der Waals surface area contributed by atoms with Crippen LogP contribution in [0.3, 0.4) is 0 Å². The van der Waals surface area contributed by atoms with Crippen molar-refractivity contribution in [1.29, 1.82) is 0 Å². The third-order valence-electron chi connectivity index (χ3n) is 6.55. The summed E-state index contributed by atoms with van der Waals surface area (Å²) in [5.74, 6) is 0.172. The zero-order chi connectivity index (χ0) is 19.6. The average Bonchev–Trinajstić information content (AvgIpc) is 3.39. The molecule has 4 rings (SSSR count). The minimum absolute atomic E-state index is 0.0431. The predicted octanol–water partition coefficient (Wildman–Crippen LogP) is 3.42. The van der Waals surface area contributed by atoms with E-state index in [-0.39, 0.29) is 23.6 Å². The quantitative estimate of drug-likeness (QED) is 0.867. The van der Waals surface area contributed by atoms with Crippen LogP contribution in [0.2, 0.25) is 0 Å². The van der Waals surface area contributed by atoms with Crippen molar-refractivity contribution in [2.75, 3.05) is 31.5 Å². The molecule has 0 bridgehead atoms. The van der Waals surface area contributed by atoms with Crippen molar-refractivity contribution in [2.45, 2.75) is 63.6 Å². The van der Waals surface area contributed by atoms with Gasteiger partial charge in [-0.1, -0.05) is 25.1 Å². The monoisotopic (exact) mass is 385 g/mol. The topological polar surface area (TPSA) is 61.9 Å². The predicted molar refractivity (Wildman–Crippen MR) is 108 cm³/mol. The Labute approximate surface area is 167 Å². The summed E-state index contributed by atoms with van der Waals surface area (Å²) in [7, 11) is 0.